The summed E-state index contributed by atoms with van der Waals surface area (Å²) in [6.07, 6.45) is 0. The van der Waals surface area contributed by atoms with Gasteiger partial charge in [0.25, 0.3) is 0 Å². The third-order valence-corrected chi connectivity index (χ3v) is 2.78. The maximum atomic E-state index is 9.87. The van der Waals surface area contributed by atoms with E-state index in [1.165, 1.54) is 0 Å². The van der Waals surface area contributed by atoms with E-state index >= 15 is 0 Å². The Morgan fingerprint density at radius 2 is 1.16 bits per heavy atom. The standard InChI is InChI=1S/C15H10O3.F6P/c16-12-5-1-10(2-6-12)14-8-4-11-3-7-13(17)9-15(11)18-14;1-7(2,3,4,5)6/h1-9H,(H-,16,17);/q;-1/p+1. The van der Waals surface area contributed by atoms with Crippen LogP contribution in [0, 0.1) is 0 Å². The average molecular weight is 384 g/mol. The van der Waals surface area contributed by atoms with Crippen molar-refractivity contribution in [1.82, 2.24) is 0 Å². The number of rotatable bonds is 1. The molecule has 0 bridgehead atoms. The van der Waals surface area contributed by atoms with Gasteiger partial charge in [0.05, 0.1) is 17.0 Å². The normalized spacial score (nSPS) is 14.2. The van der Waals surface area contributed by atoms with Crippen LogP contribution in [0.25, 0.3) is 22.3 Å². The third-order valence-electron chi connectivity index (χ3n) is 2.78. The molecule has 0 aliphatic heterocycles. The molecule has 3 nitrogen and oxygen atoms in total. The molecule has 0 spiro atoms. The van der Waals surface area contributed by atoms with Crippen LogP contribution in [0.5, 0.6) is 11.5 Å². The van der Waals surface area contributed by atoms with E-state index in [0.29, 0.717) is 11.3 Å². The van der Waals surface area contributed by atoms with Crippen molar-refractivity contribution in [2.45, 2.75) is 0 Å². The van der Waals surface area contributed by atoms with E-state index in [1.54, 1.807) is 42.5 Å². The van der Waals surface area contributed by atoms with Crippen molar-refractivity contribution < 1.29 is 39.8 Å². The zero-order valence-corrected chi connectivity index (χ0v) is 13.1. The van der Waals surface area contributed by atoms with Crippen LogP contribution in [0.15, 0.2) is 59.0 Å². The predicted octanol–water partition coefficient (Wildman–Crippen LogP) is 7.17. The van der Waals surface area contributed by atoms with Crippen molar-refractivity contribution in [3.63, 3.8) is 0 Å². The van der Waals surface area contributed by atoms with Gasteiger partial charge in [-0.25, -0.2) is 4.42 Å². The molecule has 0 amide bonds. The first-order chi connectivity index (χ1) is 11.2. The fraction of sp³-hybridized carbons (Fsp3) is 0. The molecular formula is C15H11F6O3P. The number of halogens is 6. The van der Waals surface area contributed by atoms with E-state index in [4.69, 9.17) is 4.42 Å². The maximum absolute atomic E-state index is 10.7. The Morgan fingerprint density at radius 3 is 1.72 bits per heavy atom. The molecule has 1 aromatic heterocycles. The molecule has 0 aliphatic rings. The molecule has 2 N–H and O–H groups in total. The van der Waals surface area contributed by atoms with Crippen molar-refractivity contribution >= 4 is 18.8 Å². The van der Waals surface area contributed by atoms with E-state index in [2.05, 4.69) is 0 Å². The van der Waals surface area contributed by atoms with Crippen LogP contribution in [-0.2, 0) is 0 Å². The van der Waals surface area contributed by atoms with Crippen LogP contribution in [0.4, 0.5) is 25.2 Å². The van der Waals surface area contributed by atoms with Gasteiger partial charge in [-0.3, -0.25) is 0 Å². The van der Waals surface area contributed by atoms with Gasteiger partial charge < -0.3 is 10.2 Å². The Hall–Kier alpha value is -2.54. The summed E-state index contributed by atoms with van der Waals surface area (Å²) in [6.45, 7) is 0. The SMILES string of the molecule is F[P-](F)(F)(F)(F)F.Oc1ccc(-c2ccc3ccc(O)cc3[o+]2)cc1. The van der Waals surface area contributed by atoms with E-state index in [9.17, 15) is 35.4 Å². The van der Waals surface area contributed by atoms with Crippen LogP contribution in [0.1, 0.15) is 0 Å². The minimum Gasteiger partial charge on any atom is -0.508 e. The monoisotopic (exact) mass is 384 g/mol. The Bertz CT molecular complexity index is 897. The summed E-state index contributed by atoms with van der Waals surface area (Å²) in [5.41, 5.74) is 1.50. The molecule has 3 aromatic rings. The van der Waals surface area contributed by atoms with Gasteiger partial charge in [-0.15, -0.1) is 0 Å². The summed E-state index contributed by atoms with van der Waals surface area (Å²) >= 11 is 0. The van der Waals surface area contributed by atoms with Gasteiger partial charge in [0.1, 0.15) is 11.5 Å². The third kappa shape index (κ3) is 7.26. The van der Waals surface area contributed by atoms with Crippen LogP contribution in [0.2, 0.25) is 0 Å². The zero-order chi connectivity index (χ0) is 18.9. The van der Waals surface area contributed by atoms with Crippen LogP contribution in [-0.4, -0.2) is 10.2 Å². The van der Waals surface area contributed by atoms with E-state index in [1.807, 2.05) is 12.1 Å². The molecule has 3 rings (SSSR count). The fourth-order valence-electron chi connectivity index (χ4n) is 1.85. The van der Waals surface area contributed by atoms with Gasteiger partial charge in [0.2, 0.25) is 0 Å². The summed E-state index contributed by atoms with van der Waals surface area (Å²) in [6, 6.07) is 15.6. The van der Waals surface area contributed by atoms with Crippen LogP contribution in [0.3, 0.4) is 0 Å². The minimum atomic E-state index is -10.7. The van der Waals surface area contributed by atoms with Gasteiger partial charge in [0, 0.05) is 6.07 Å². The number of hydrogen-bond acceptors (Lipinski definition) is 2. The first kappa shape index (κ1) is 18.8. The molecule has 25 heavy (non-hydrogen) atoms. The molecular weight excluding hydrogens is 373 g/mol. The van der Waals surface area contributed by atoms with Gasteiger partial charge in [0.15, 0.2) is 0 Å². The molecule has 136 valence electrons. The van der Waals surface area contributed by atoms with Crippen LogP contribution >= 0.6 is 7.81 Å². The Labute approximate surface area is 137 Å². The van der Waals surface area contributed by atoms with Crippen molar-refractivity contribution in [3.8, 4) is 22.8 Å². The van der Waals surface area contributed by atoms with Gasteiger partial charge >= 0.3 is 44.3 Å². The number of aromatic hydroxyl groups is 2. The number of hydrogen-bond donors (Lipinski definition) is 2. The largest absolute Gasteiger partial charge is 0.508 e. The topological polar surface area (TPSA) is 51.8 Å². The molecule has 0 saturated heterocycles. The summed E-state index contributed by atoms with van der Waals surface area (Å²) in [5, 5.41) is 19.6. The molecule has 0 atom stereocenters. The maximum Gasteiger partial charge on any atom is 0.364 e. The second-order valence-corrected chi connectivity index (χ2v) is 6.94. The van der Waals surface area contributed by atoms with Crippen molar-refractivity contribution in [2.75, 3.05) is 0 Å². The Kier molecular flexibility index (Phi) is 4.13. The van der Waals surface area contributed by atoms with Crippen molar-refractivity contribution in [3.05, 3.63) is 54.6 Å². The van der Waals surface area contributed by atoms with Crippen molar-refractivity contribution in [2.24, 2.45) is 0 Å². The van der Waals surface area contributed by atoms with Crippen molar-refractivity contribution in [1.29, 1.82) is 0 Å². The first-order valence-electron chi connectivity index (χ1n) is 6.59. The number of phenols is 2. The Balaban J connectivity index is 0.000000277. The predicted molar refractivity (Wildman–Crippen MR) is 83.0 cm³/mol. The number of fused-ring (bicyclic) bond motifs is 1. The van der Waals surface area contributed by atoms with Gasteiger partial charge in [-0.2, -0.15) is 0 Å². The zero-order valence-electron chi connectivity index (χ0n) is 12.2. The molecule has 1 heterocycles. The molecule has 0 radical (unpaired) electrons. The molecule has 0 aliphatic carbocycles. The summed E-state index contributed by atoms with van der Waals surface area (Å²) < 4.78 is 64.9. The number of benzene rings is 2. The first-order valence-corrected chi connectivity index (χ1v) is 8.62. The quantitative estimate of drug-likeness (QED) is 0.266. The second-order valence-electron chi connectivity index (χ2n) is 5.03. The summed E-state index contributed by atoms with van der Waals surface area (Å²) in [7, 11) is -10.7. The molecule has 0 unspecified atom stereocenters. The van der Waals surface area contributed by atoms with Gasteiger partial charge in [-0.05, 0) is 42.5 Å². The van der Waals surface area contributed by atoms with E-state index in [-0.39, 0.29) is 11.5 Å². The fourth-order valence-corrected chi connectivity index (χ4v) is 1.85. The average Bonchev–Trinajstić information content (AvgIpc) is 2.44. The second kappa shape index (κ2) is 5.49. The summed E-state index contributed by atoms with van der Waals surface area (Å²) in [4.78, 5) is 0. The Morgan fingerprint density at radius 1 is 0.680 bits per heavy atom. The smallest absolute Gasteiger partial charge is 0.364 e. The molecule has 0 fully saturated rings. The van der Waals surface area contributed by atoms with E-state index in [0.717, 1.165) is 10.9 Å². The van der Waals surface area contributed by atoms with E-state index < -0.39 is 7.81 Å². The minimum absolute atomic E-state index is 0.175. The molecule has 2 aromatic carbocycles. The van der Waals surface area contributed by atoms with Crippen LogP contribution < -0.4 is 0 Å². The van der Waals surface area contributed by atoms with Gasteiger partial charge in [-0.1, -0.05) is 0 Å². The summed E-state index contributed by atoms with van der Waals surface area (Å²) in [5.74, 6) is 1.08. The molecule has 10 heteroatoms. The molecule has 0 saturated carbocycles. The number of phenolic OH excluding ortho intramolecular Hbond substituents is 2.